The monoisotopic (exact) mass is 385 g/mol. The first-order valence-corrected chi connectivity index (χ1v) is 10.4. The molecule has 1 heterocycles. The molecule has 1 aliphatic heterocycles. The highest BCUT2D eigenvalue weighted by atomic mass is 32.2. The summed E-state index contributed by atoms with van der Waals surface area (Å²) in [7, 11) is -1.74. The fourth-order valence-electron chi connectivity index (χ4n) is 2.97. The van der Waals surface area contributed by atoms with Crippen molar-refractivity contribution in [1.82, 2.24) is 10.2 Å². The predicted molar refractivity (Wildman–Crippen MR) is 100.0 cm³/mol. The van der Waals surface area contributed by atoms with Gasteiger partial charge in [0.05, 0.1) is 30.2 Å². The highest BCUT2D eigenvalue weighted by molar-refractivity contribution is 7.92. The Kier molecular flexibility index (Phi) is 6.48. The number of sulfonamides is 1. The number of ether oxygens (including phenoxy) is 1. The van der Waals surface area contributed by atoms with E-state index in [4.69, 9.17) is 4.74 Å². The summed E-state index contributed by atoms with van der Waals surface area (Å²) in [5.74, 6) is -0.113. The Bertz CT molecular complexity index is 753. The maximum atomic E-state index is 13.1. The van der Waals surface area contributed by atoms with Crippen molar-refractivity contribution in [3.63, 3.8) is 0 Å². The van der Waals surface area contributed by atoms with Crippen LogP contribution in [0.5, 0.6) is 5.75 Å². The molecule has 26 heavy (non-hydrogen) atoms. The van der Waals surface area contributed by atoms with E-state index in [1.165, 1.54) is 0 Å². The maximum absolute atomic E-state index is 13.1. The smallest absolute Gasteiger partial charge is 0.258 e. The molecule has 1 amide bonds. The van der Waals surface area contributed by atoms with Crippen LogP contribution in [0.1, 0.15) is 24.2 Å². The van der Waals surface area contributed by atoms with E-state index < -0.39 is 10.0 Å². The second-order valence-corrected chi connectivity index (χ2v) is 8.49. The van der Waals surface area contributed by atoms with Crippen LogP contribution in [0.15, 0.2) is 18.2 Å². The molecule has 0 saturated heterocycles. The molecule has 3 atom stereocenters. The number of likely N-dealkylation sites (N-methyl/N-ethyl adjacent to an activating group) is 1. The average Bonchev–Trinajstić information content (AvgIpc) is 2.56. The van der Waals surface area contributed by atoms with Gasteiger partial charge in [0, 0.05) is 19.0 Å². The van der Waals surface area contributed by atoms with Gasteiger partial charge in [0.15, 0.2) is 5.75 Å². The zero-order valence-corrected chi connectivity index (χ0v) is 16.3. The second-order valence-electron chi connectivity index (χ2n) is 6.74. The molecular formula is C17H27N3O5S. The van der Waals surface area contributed by atoms with Crippen LogP contribution in [-0.4, -0.2) is 69.5 Å². The number of rotatable bonds is 6. The van der Waals surface area contributed by atoms with Crippen molar-refractivity contribution >= 4 is 21.6 Å². The first-order chi connectivity index (χ1) is 12.2. The molecule has 0 bridgehead atoms. The Balaban J connectivity index is 2.59. The topological polar surface area (TPSA) is 108 Å². The molecule has 146 valence electrons. The summed E-state index contributed by atoms with van der Waals surface area (Å²) in [6.07, 6.45) is 0.771. The Morgan fingerprint density at radius 3 is 2.69 bits per heavy atom. The molecular weight excluding hydrogens is 358 g/mol. The highest BCUT2D eigenvalue weighted by Crippen LogP contribution is 2.35. The van der Waals surface area contributed by atoms with E-state index in [0.717, 1.165) is 6.26 Å². The number of nitrogens with one attached hydrogen (secondary N) is 2. The molecule has 0 aromatic heterocycles. The van der Waals surface area contributed by atoms with E-state index >= 15 is 0 Å². The number of para-hydroxylation sites is 1. The SMILES string of the molecule is CNC[C@H]1Oc2c(NS(C)(=O)=O)cccc2C(=O)N([C@@H](C)CO)C[C@@H]1C. The van der Waals surface area contributed by atoms with E-state index in [1.807, 2.05) is 6.92 Å². The third kappa shape index (κ3) is 4.66. The van der Waals surface area contributed by atoms with Gasteiger partial charge >= 0.3 is 0 Å². The Morgan fingerprint density at radius 1 is 1.42 bits per heavy atom. The number of aliphatic hydroxyl groups excluding tert-OH is 1. The number of carbonyl (C=O) groups excluding carboxylic acids is 1. The van der Waals surface area contributed by atoms with Crippen molar-refractivity contribution in [2.24, 2.45) is 5.92 Å². The number of hydrogen-bond donors (Lipinski definition) is 3. The van der Waals surface area contributed by atoms with E-state index in [0.29, 0.717) is 13.1 Å². The summed E-state index contributed by atoms with van der Waals surface area (Å²) in [5.41, 5.74) is 0.497. The van der Waals surface area contributed by atoms with E-state index in [-0.39, 0.29) is 47.6 Å². The van der Waals surface area contributed by atoms with Gasteiger partial charge in [-0.3, -0.25) is 9.52 Å². The number of benzene rings is 1. The predicted octanol–water partition coefficient (Wildman–Crippen LogP) is 0.498. The number of nitrogens with zero attached hydrogens (tertiary/aromatic N) is 1. The van der Waals surface area contributed by atoms with Crippen molar-refractivity contribution in [2.75, 3.05) is 37.7 Å². The molecule has 1 aromatic rings. The first-order valence-electron chi connectivity index (χ1n) is 8.51. The minimum atomic E-state index is -3.54. The molecule has 2 rings (SSSR count). The maximum Gasteiger partial charge on any atom is 0.258 e. The van der Waals surface area contributed by atoms with Gasteiger partial charge in [0.25, 0.3) is 5.91 Å². The van der Waals surface area contributed by atoms with Crippen LogP contribution in [-0.2, 0) is 10.0 Å². The molecule has 1 aliphatic rings. The van der Waals surface area contributed by atoms with Gasteiger partial charge in [-0.15, -0.1) is 0 Å². The Hall–Kier alpha value is -1.84. The van der Waals surface area contributed by atoms with Gasteiger partial charge in [-0.1, -0.05) is 13.0 Å². The minimum Gasteiger partial charge on any atom is -0.486 e. The van der Waals surface area contributed by atoms with Crippen molar-refractivity contribution in [3.8, 4) is 5.75 Å². The lowest BCUT2D eigenvalue weighted by atomic mass is 9.99. The van der Waals surface area contributed by atoms with Crippen LogP contribution in [0.2, 0.25) is 0 Å². The lowest BCUT2D eigenvalue weighted by molar-refractivity contribution is 0.0417. The van der Waals surface area contributed by atoms with Gasteiger partial charge in [-0.2, -0.15) is 0 Å². The van der Waals surface area contributed by atoms with E-state index in [9.17, 15) is 18.3 Å². The fraction of sp³-hybridized carbons (Fsp3) is 0.588. The molecule has 0 saturated carbocycles. The van der Waals surface area contributed by atoms with Crippen molar-refractivity contribution in [3.05, 3.63) is 23.8 Å². The average molecular weight is 385 g/mol. The molecule has 9 heteroatoms. The molecule has 1 aromatic carbocycles. The summed E-state index contributed by atoms with van der Waals surface area (Å²) in [6.45, 7) is 4.54. The largest absolute Gasteiger partial charge is 0.486 e. The van der Waals surface area contributed by atoms with Crippen LogP contribution in [0.4, 0.5) is 5.69 Å². The molecule has 0 spiro atoms. The van der Waals surface area contributed by atoms with Crippen molar-refractivity contribution in [1.29, 1.82) is 0 Å². The van der Waals surface area contributed by atoms with Crippen LogP contribution < -0.4 is 14.8 Å². The summed E-state index contributed by atoms with van der Waals surface area (Å²) < 4.78 is 31.9. The van der Waals surface area contributed by atoms with Gasteiger partial charge in [0.2, 0.25) is 10.0 Å². The van der Waals surface area contributed by atoms with Crippen LogP contribution >= 0.6 is 0 Å². The standard InChI is InChI=1S/C17H27N3O5S/c1-11-9-20(12(2)10-21)17(22)13-6-5-7-14(19-26(4,23)24)16(13)25-15(11)8-18-3/h5-7,11-12,15,18-19,21H,8-10H2,1-4H3/t11-,12-,15+/m0/s1. The normalized spacial score (nSPS) is 22.0. The van der Waals surface area contributed by atoms with Crippen LogP contribution in [0.25, 0.3) is 0 Å². The number of hydrogen-bond acceptors (Lipinski definition) is 6. The van der Waals surface area contributed by atoms with Gasteiger partial charge in [-0.05, 0) is 26.1 Å². The Morgan fingerprint density at radius 2 is 2.12 bits per heavy atom. The molecule has 0 fully saturated rings. The second kappa shape index (κ2) is 8.24. The van der Waals surface area contributed by atoms with Gasteiger partial charge in [0.1, 0.15) is 6.10 Å². The van der Waals surface area contributed by atoms with Crippen molar-refractivity contribution < 1.29 is 23.1 Å². The quantitative estimate of drug-likeness (QED) is 0.658. The zero-order valence-electron chi connectivity index (χ0n) is 15.5. The van der Waals surface area contributed by atoms with Gasteiger partial charge in [-0.25, -0.2) is 8.42 Å². The first kappa shape index (κ1) is 20.5. The lowest BCUT2D eigenvalue weighted by Gasteiger charge is -2.37. The van der Waals surface area contributed by atoms with Gasteiger partial charge < -0.3 is 20.1 Å². The highest BCUT2D eigenvalue weighted by Gasteiger charge is 2.33. The zero-order chi connectivity index (χ0) is 19.5. The molecule has 8 nitrogen and oxygen atoms in total. The van der Waals surface area contributed by atoms with E-state index in [1.54, 1.807) is 37.1 Å². The Labute approximate surface area is 154 Å². The van der Waals surface area contributed by atoms with Crippen LogP contribution in [0, 0.1) is 5.92 Å². The third-order valence-corrected chi connectivity index (χ3v) is 4.98. The minimum absolute atomic E-state index is 0.0279. The molecule has 0 aliphatic carbocycles. The van der Waals surface area contributed by atoms with E-state index in [2.05, 4.69) is 10.0 Å². The molecule has 0 unspecified atom stereocenters. The summed E-state index contributed by atoms with van der Waals surface area (Å²) in [4.78, 5) is 14.7. The number of fused-ring (bicyclic) bond motifs is 1. The summed E-state index contributed by atoms with van der Waals surface area (Å²) >= 11 is 0. The number of anilines is 1. The number of aliphatic hydroxyl groups is 1. The third-order valence-electron chi connectivity index (χ3n) is 4.39. The molecule has 3 N–H and O–H groups in total. The van der Waals surface area contributed by atoms with Crippen molar-refractivity contribution in [2.45, 2.75) is 26.0 Å². The summed E-state index contributed by atoms with van der Waals surface area (Å²) in [6, 6.07) is 4.41. The molecule has 0 radical (unpaired) electrons. The fourth-order valence-corrected chi connectivity index (χ4v) is 3.53. The summed E-state index contributed by atoms with van der Waals surface area (Å²) in [5, 5.41) is 12.6. The number of amides is 1. The number of carbonyl (C=O) groups is 1. The lowest BCUT2D eigenvalue weighted by Crippen LogP contribution is -2.49. The van der Waals surface area contributed by atoms with Crippen LogP contribution in [0.3, 0.4) is 0 Å².